The van der Waals surface area contributed by atoms with Gasteiger partial charge in [0.25, 0.3) is 5.91 Å². The topological polar surface area (TPSA) is 41.5 Å². The van der Waals surface area contributed by atoms with E-state index in [1.54, 1.807) is 0 Å². The number of hydrogen-bond acceptors (Lipinski definition) is 3. The van der Waals surface area contributed by atoms with Gasteiger partial charge in [0.05, 0.1) is 5.02 Å². The first-order chi connectivity index (χ1) is 9.88. The fourth-order valence-electron chi connectivity index (χ4n) is 2.15. The summed E-state index contributed by atoms with van der Waals surface area (Å²) in [6, 6.07) is 5.98. The van der Waals surface area contributed by atoms with Crippen LogP contribution in [-0.2, 0) is 0 Å². The molecule has 0 radical (unpaired) electrons. The van der Waals surface area contributed by atoms with Crippen molar-refractivity contribution in [3.8, 4) is 0 Å². The summed E-state index contributed by atoms with van der Waals surface area (Å²) in [5.74, 6) is 0.267. The van der Waals surface area contributed by atoms with Gasteiger partial charge < -0.3 is 0 Å². The van der Waals surface area contributed by atoms with Crippen molar-refractivity contribution in [1.29, 1.82) is 0 Å². The zero-order valence-corrected chi connectivity index (χ0v) is 14.2. The summed E-state index contributed by atoms with van der Waals surface area (Å²) in [6.07, 6.45) is 0.861. The minimum absolute atomic E-state index is 0.248. The van der Waals surface area contributed by atoms with E-state index in [-0.39, 0.29) is 5.91 Å². The lowest BCUT2D eigenvalue weighted by Gasteiger charge is -2.04. The zero-order chi connectivity index (χ0) is 15.6. The highest BCUT2D eigenvalue weighted by Crippen LogP contribution is 2.35. The number of rotatable bonds is 4. The van der Waals surface area contributed by atoms with Gasteiger partial charge in [-0.2, -0.15) is 5.10 Å². The Morgan fingerprint density at radius 3 is 2.81 bits per heavy atom. The van der Waals surface area contributed by atoms with Crippen LogP contribution in [0, 0.1) is 12.8 Å². The number of benzene rings is 1. The molecule has 0 unspecified atom stereocenters. The van der Waals surface area contributed by atoms with E-state index in [4.69, 9.17) is 11.6 Å². The van der Waals surface area contributed by atoms with Crippen molar-refractivity contribution < 1.29 is 4.79 Å². The van der Waals surface area contributed by atoms with E-state index in [1.165, 1.54) is 11.3 Å². The second-order valence-electron chi connectivity index (χ2n) is 5.63. The van der Waals surface area contributed by atoms with Crippen molar-refractivity contribution in [2.75, 3.05) is 0 Å². The van der Waals surface area contributed by atoms with Gasteiger partial charge in [-0.3, -0.25) is 4.79 Å². The quantitative estimate of drug-likeness (QED) is 0.623. The third-order valence-electron chi connectivity index (χ3n) is 3.04. The van der Waals surface area contributed by atoms with Gasteiger partial charge in [-0.1, -0.05) is 37.6 Å². The third kappa shape index (κ3) is 3.83. The van der Waals surface area contributed by atoms with Crippen molar-refractivity contribution in [2.24, 2.45) is 11.0 Å². The molecule has 0 spiro atoms. The normalized spacial score (nSPS) is 12.2. The number of nitrogens with one attached hydrogen (secondary N) is 1. The largest absolute Gasteiger partial charge is 0.283 e. The summed E-state index contributed by atoms with van der Waals surface area (Å²) < 4.78 is 1.02. The molecule has 0 saturated heterocycles. The number of carbonyl (C=O) groups is 1. The molecule has 0 aliphatic carbocycles. The van der Waals surface area contributed by atoms with E-state index < -0.39 is 0 Å². The summed E-state index contributed by atoms with van der Waals surface area (Å²) in [7, 11) is 0. The Bertz CT molecular complexity index is 704. The molecule has 112 valence electrons. The van der Waals surface area contributed by atoms with Crippen LogP contribution in [0.4, 0.5) is 0 Å². The summed E-state index contributed by atoms with van der Waals surface area (Å²) in [4.78, 5) is 12.7. The molecule has 5 heteroatoms. The molecule has 1 aromatic carbocycles. The number of hydrazone groups is 1. The molecule has 0 bridgehead atoms. The molecule has 0 fully saturated rings. The standard InChI is InChI=1S/C16H19ClN2OS/c1-9(2)7-11(4)18-19-16(20)15-14(17)12-6-5-10(3)8-13(12)21-15/h5-6,8-9H,7H2,1-4H3,(H,19,20). The Kier molecular flexibility index (Phi) is 5.01. The molecule has 1 aromatic heterocycles. The first-order valence-electron chi connectivity index (χ1n) is 6.90. The molecule has 2 rings (SSSR count). The smallest absolute Gasteiger partial charge is 0.266 e. The van der Waals surface area contributed by atoms with Gasteiger partial charge in [0.2, 0.25) is 0 Å². The number of halogens is 1. The summed E-state index contributed by atoms with van der Waals surface area (Å²) in [5, 5.41) is 5.56. The van der Waals surface area contributed by atoms with Crippen molar-refractivity contribution in [3.63, 3.8) is 0 Å². The van der Waals surface area contributed by atoms with Crippen LogP contribution in [0.1, 0.15) is 42.4 Å². The Hall–Kier alpha value is -1.39. The highest BCUT2D eigenvalue weighted by molar-refractivity contribution is 7.21. The van der Waals surface area contributed by atoms with Crippen LogP contribution in [0.25, 0.3) is 10.1 Å². The van der Waals surface area contributed by atoms with Gasteiger partial charge in [-0.15, -0.1) is 11.3 Å². The van der Waals surface area contributed by atoms with E-state index in [9.17, 15) is 4.79 Å². The van der Waals surface area contributed by atoms with Crippen LogP contribution >= 0.6 is 22.9 Å². The number of aryl methyl sites for hydroxylation is 1. The predicted octanol–water partition coefficient (Wildman–Crippen LogP) is 5.01. The predicted molar refractivity (Wildman–Crippen MR) is 91.6 cm³/mol. The maximum absolute atomic E-state index is 12.2. The lowest BCUT2D eigenvalue weighted by Crippen LogP contribution is -2.18. The van der Waals surface area contributed by atoms with Gasteiger partial charge >= 0.3 is 0 Å². The lowest BCUT2D eigenvalue weighted by atomic mass is 10.1. The number of fused-ring (bicyclic) bond motifs is 1. The molecule has 0 aliphatic rings. The lowest BCUT2D eigenvalue weighted by molar-refractivity contribution is 0.0959. The van der Waals surface area contributed by atoms with Gasteiger partial charge in [0.15, 0.2) is 0 Å². The van der Waals surface area contributed by atoms with E-state index >= 15 is 0 Å². The van der Waals surface area contributed by atoms with Crippen LogP contribution in [0.3, 0.4) is 0 Å². The number of thiophene rings is 1. The van der Waals surface area contributed by atoms with Crippen LogP contribution in [0.2, 0.25) is 5.02 Å². The van der Waals surface area contributed by atoms with E-state index in [2.05, 4.69) is 24.4 Å². The van der Waals surface area contributed by atoms with Gasteiger partial charge in [0, 0.05) is 15.8 Å². The molecule has 0 aliphatic heterocycles. The van der Waals surface area contributed by atoms with Crippen molar-refractivity contribution >= 4 is 44.6 Å². The van der Waals surface area contributed by atoms with Crippen LogP contribution < -0.4 is 5.43 Å². The SMILES string of the molecule is CC(CC(C)C)=NNC(=O)c1sc2cc(C)ccc2c1Cl. The Labute approximate surface area is 134 Å². The van der Waals surface area contributed by atoms with Gasteiger partial charge in [0.1, 0.15) is 4.88 Å². The molecule has 2 aromatic rings. The fraction of sp³-hybridized carbons (Fsp3) is 0.375. The molecule has 1 N–H and O–H groups in total. The van der Waals surface area contributed by atoms with Crippen molar-refractivity contribution in [1.82, 2.24) is 5.43 Å². The maximum atomic E-state index is 12.2. The van der Waals surface area contributed by atoms with E-state index in [0.717, 1.165) is 27.8 Å². The average Bonchev–Trinajstić information content (AvgIpc) is 2.72. The van der Waals surface area contributed by atoms with Crippen LogP contribution in [-0.4, -0.2) is 11.6 Å². The maximum Gasteiger partial charge on any atom is 0.283 e. The molecule has 21 heavy (non-hydrogen) atoms. The highest BCUT2D eigenvalue weighted by Gasteiger charge is 2.16. The first-order valence-corrected chi connectivity index (χ1v) is 8.10. The second kappa shape index (κ2) is 6.58. The average molecular weight is 323 g/mol. The molecule has 0 atom stereocenters. The summed E-state index contributed by atoms with van der Waals surface area (Å²) >= 11 is 7.70. The van der Waals surface area contributed by atoms with E-state index in [1.807, 2.05) is 32.0 Å². The van der Waals surface area contributed by atoms with E-state index in [0.29, 0.717) is 15.8 Å². The Morgan fingerprint density at radius 2 is 2.14 bits per heavy atom. The molecular weight excluding hydrogens is 304 g/mol. The van der Waals surface area contributed by atoms with Gasteiger partial charge in [-0.25, -0.2) is 5.43 Å². The fourth-order valence-corrected chi connectivity index (χ4v) is 3.66. The molecule has 1 heterocycles. The second-order valence-corrected chi connectivity index (χ2v) is 7.06. The van der Waals surface area contributed by atoms with Crippen LogP contribution in [0.15, 0.2) is 23.3 Å². The zero-order valence-electron chi connectivity index (χ0n) is 12.7. The molecule has 3 nitrogen and oxygen atoms in total. The minimum atomic E-state index is -0.248. The van der Waals surface area contributed by atoms with Crippen molar-refractivity contribution in [2.45, 2.75) is 34.1 Å². The number of amides is 1. The number of nitrogens with zero attached hydrogens (tertiary/aromatic N) is 1. The Morgan fingerprint density at radius 1 is 1.43 bits per heavy atom. The highest BCUT2D eigenvalue weighted by atomic mass is 35.5. The monoisotopic (exact) mass is 322 g/mol. The molecule has 1 amide bonds. The number of hydrogen-bond donors (Lipinski definition) is 1. The van der Waals surface area contributed by atoms with Crippen LogP contribution in [0.5, 0.6) is 0 Å². The van der Waals surface area contributed by atoms with Crippen molar-refractivity contribution in [3.05, 3.63) is 33.7 Å². The number of carbonyl (C=O) groups excluding carboxylic acids is 1. The third-order valence-corrected chi connectivity index (χ3v) is 4.70. The Balaban J connectivity index is 2.22. The first kappa shape index (κ1) is 16.0. The molecule has 0 saturated carbocycles. The van der Waals surface area contributed by atoms with Gasteiger partial charge in [-0.05, 0) is 37.8 Å². The summed E-state index contributed by atoms with van der Waals surface area (Å²) in [6.45, 7) is 8.17. The molecular formula is C16H19ClN2OS. The minimum Gasteiger partial charge on any atom is -0.266 e. The summed E-state index contributed by atoms with van der Waals surface area (Å²) in [5.41, 5.74) is 4.66.